The molecule has 0 aliphatic carbocycles. The van der Waals surface area contributed by atoms with Crippen molar-refractivity contribution in [1.29, 1.82) is 0 Å². The van der Waals surface area contributed by atoms with Crippen LogP contribution in [0.15, 0.2) is 24.3 Å². The van der Waals surface area contributed by atoms with Crippen molar-refractivity contribution in [2.75, 3.05) is 65.9 Å². The Hall–Kier alpha value is -2.53. The van der Waals surface area contributed by atoms with Crippen LogP contribution < -0.4 is 10.6 Å². The summed E-state index contributed by atoms with van der Waals surface area (Å²) in [7, 11) is -1.80. The van der Waals surface area contributed by atoms with Gasteiger partial charge < -0.3 is 24.2 Å². The van der Waals surface area contributed by atoms with Gasteiger partial charge in [-0.3, -0.25) is 24.4 Å². The number of esters is 1. The number of non-ortho nitro benzene ring substituents is 1. The Morgan fingerprint density at radius 2 is 1.68 bits per heavy atom. The molecule has 0 aromatic heterocycles. The topological polar surface area (TPSA) is 141 Å². The summed E-state index contributed by atoms with van der Waals surface area (Å²) >= 11 is 0. The number of hydrogen-bond acceptors (Lipinski definition) is 10. The molecule has 1 N–H and O–H groups in total. The summed E-state index contributed by atoms with van der Waals surface area (Å²) in [6.45, 7) is 7.40. The van der Waals surface area contributed by atoms with Gasteiger partial charge in [-0.15, -0.1) is 0 Å². The monoisotopic (exact) mass is 502 g/mol. The minimum absolute atomic E-state index is 0.0242. The first-order valence-corrected chi connectivity index (χ1v) is 12.9. The molecule has 12 nitrogen and oxygen atoms in total. The third-order valence-corrected chi connectivity index (χ3v) is 7.22. The third-order valence-electron chi connectivity index (χ3n) is 4.69. The van der Waals surface area contributed by atoms with E-state index in [-0.39, 0.29) is 37.7 Å². The average molecular weight is 503 g/mol. The quantitative estimate of drug-likeness (QED) is 0.117. The molecule has 1 atom stereocenters. The number of nitrogens with one attached hydrogen (secondary N) is 1. The maximum absolute atomic E-state index is 13.8. The number of nitro groups is 1. The minimum Gasteiger partial charge on any atom is -0.465 e. The molecular weight excluding hydrogens is 467 g/mol. The first-order chi connectivity index (χ1) is 16.2. The number of carbonyl (C=O) groups excluding carboxylic acids is 2. The first-order valence-electron chi connectivity index (χ1n) is 11.1. The van der Waals surface area contributed by atoms with E-state index in [9.17, 15) is 24.3 Å². The highest BCUT2D eigenvalue weighted by atomic mass is 31.2. The standard InChI is InChI=1S/C21H35N4O8P/c1-5-31-20(26)16-22-12-13-24(15-14-23(4)21(27)32-6-2)17-34(30,33-7-3)19-10-8-18(9-11-19)25(28)29/h8-11,22H,5-7,12-17H2,1-4H3. The summed E-state index contributed by atoms with van der Waals surface area (Å²) in [4.78, 5) is 37.2. The van der Waals surface area contributed by atoms with Gasteiger partial charge in [0.25, 0.3) is 5.69 Å². The number of hydrogen-bond donors (Lipinski definition) is 1. The summed E-state index contributed by atoms with van der Waals surface area (Å²) in [5.74, 6) is -0.373. The summed E-state index contributed by atoms with van der Waals surface area (Å²) < 4.78 is 29.3. The highest BCUT2D eigenvalue weighted by molar-refractivity contribution is 7.66. The highest BCUT2D eigenvalue weighted by Crippen LogP contribution is 2.46. The summed E-state index contributed by atoms with van der Waals surface area (Å²) in [5, 5.41) is 14.3. The molecule has 0 spiro atoms. The molecule has 0 fully saturated rings. The van der Waals surface area contributed by atoms with Crippen molar-refractivity contribution in [3.8, 4) is 0 Å². The lowest BCUT2D eigenvalue weighted by Gasteiger charge is -2.29. The van der Waals surface area contributed by atoms with Gasteiger partial charge in [-0.2, -0.15) is 0 Å². The van der Waals surface area contributed by atoms with Crippen LogP contribution in [0.4, 0.5) is 10.5 Å². The van der Waals surface area contributed by atoms with Crippen LogP contribution in [0.25, 0.3) is 0 Å². The second kappa shape index (κ2) is 15.4. The molecule has 0 heterocycles. The predicted molar refractivity (Wildman–Crippen MR) is 128 cm³/mol. The second-order valence-corrected chi connectivity index (χ2v) is 9.63. The number of benzene rings is 1. The van der Waals surface area contributed by atoms with Gasteiger partial charge in [0.2, 0.25) is 7.37 Å². The van der Waals surface area contributed by atoms with E-state index in [0.717, 1.165) is 0 Å². The van der Waals surface area contributed by atoms with Crippen molar-refractivity contribution in [2.24, 2.45) is 0 Å². The molecule has 13 heteroatoms. The molecule has 0 saturated heterocycles. The van der Waals surface area contributed by atoms with Crippen molar-refractivity contribution in [1.82, 2.24) is 15.1 Å². The Bertz CT molecular complexity index is 837. The van der Waals surface area contributed by atoms with Crippen LogP contribution in [0, 0.1) is 10.1 Å². The molecule has 1 aromatic rings. The fraction of sp³-hybridized carbons (Fsp3) is 0.619. The number of rotatable bonds is 16. The van der Waals surface area contributed by atoms with Crippen LogP contribution in [0.3, 0.4) is 0 Å². The molecule has 0 aliphatic rings. The van der Waals surface area contributed by atoms with E-state index >= 15 is 0 Å². The van der Waals surface area contributed by atoms with Gasteiger partial charge in [-0.1, -0.05) is 0 Å². The number of likely N-dealkylation sites (N-methyl/N-ethyl adjacent to an activating group) is 1. The fourth-order valence-electron chi connectivity index (χ4n) is 2.98. The minimum atomic E-state index is -3.40. The average Bonchev–Trinajstić information content (AvgIpc) is 2.80. The Balaban J connectivity index is 2.96. The number of carbonyl (C=O) groups is 2. The first kappa shape index (κ1) is 29.5. The Morgan fingerprint density at radius 3 is 2.24 bits per heavy atom. The molecule has 0 bridgehead atoms. The molecule has 0 aliphatic heterocycles. The maximum Gasteiger partial charge on any atom is 0.409 e. The Labute approximate surface area is 200 Å². The molecule has 34 heavy (non-hydrogen) atoms. The summed E-state index contributed by atoms with van der Waals surface area (Å²) in [6.07, 6.45) is -0.442. The van der Waals surface area contributed by atoms with Crippen molar-refractivity contribution in [2.45, 2.75) is 20.8 Å². The molecule has 1 amide bonds. The summed E-state index contributed by atoms with van der Waals surface area (Å²) in [5.41, 5.74) is -0.108. The van der Waals surface area contributed by atoms with E-state index < -0.39 is 18.4 Å². The molecule has 1 unspecified atom stereocenters. The second-order valence-electron chi connectivity index (χ2n) is 7.23. The van der Waals surface area contributed by atoms with Gasteiger partial charge in [-0.25, -0.2) is 4.79 Å². The SMILES string of the molecule is CCOC(=O)CNCCN(CCN(C)C(=O)OCC)CP(=O)(OCC)c1ccc([N+](=O)[O-])cc1. The van der Waals surface area contributed by atoms with Gasteiger partial charge in [0.15, 0.2) is 0 Å². The zero-order valence-corrected chi connectivity index (χ0v) is 21.1. The van der Waals surface area contributed by atoms with Gasteiger partial charge in [0.05, 0.1) is 37.6 Å². The Morgan fingerprint density at radius 1 is 1.03 bits per heavy atom. The zero-order valence-electron chi connectivity index (χ0n) is 20.2. The van der Waals surface area contributed by atoms with Crippen LogP contribution >= 0.6 is 7.37 Å². The lowest BCUT2D eigenvalue weighted by Crippen LogP contribution is -2.41. The van der Waals surface area contributed by atoms with Gasteiger partial charge in [0, 0.05) is 50.7 Å². The van der Waals surface area contributed by atoms with E-state index in [4.69, 9.17) is 14.0 Å². The number of nitro benzene ring substituents is 1. The smallest absolute Gasteiger partial charge is 0.409 e. The van der Waals surface area contributed by atoms with Crippen LogP contribution in [0.5, 0.6) is 0 Å². The molecule has 192 valence electrons. The van der Waals surface area contributed by atoms with Crippen LogP contribution in [0.1, 0.15) is 20.8 Å². The third kappa shape index (κ3) is 10.2. The normalized spacial score (nSPS) is 12.7. The van der Waals surface area contributed by atoms with Crippen LogP contribution in [0.2, 0.25) is 0 Å². The van der Waals surface area contributed by atoms with Gasteiger partial charge in [-0.05, 0) is 32.9 Å². The van der Waals surface area contributed by atoms with Gasteiger partial charge in [0.1, 0.15) is 0 Å². The fourth-order valence-corrected chi connectivity index (χ4v) is 5.20. The number of nitrogens with zero attached hydrogens (tertiary/aromatic N) is 3. The van der Waals surface area contributed by atoms with Crippen molar-refractivity contribution in [3.05, 3.63) is 34.4 Å². The van der Waals surface area contributed by atoms with E-state index in [0.29, 0.717) is 38.1 Å². The summed E-state index contributed by atoms with van der Waals surface area (Å²) in [6, 6.07) is 5.47. The van der Waals surface area contributed by atoms with Crippen molar-refractivity contribution < 1.29 is 33.1 Å². The van der Waals surface area contributed by atoms with E-state index in [1.165, 1.54) is 29.2 Å². The van der Waals surface area contributed by atoms with E-state index in [1.54, 1.807) is 27.8 Å². The molecule has 1 aromatic carbocycles. The predicted octanol–water partition coefficient (Wildman–Crippen LogP) is 2.04. The zero-order chi connectivity index (χ0) is 25.6. The lowest BCUT2D eigenvalue weighted by molar-refractivity contribution is -0.384. The van der Waals surface area contributed by atoms with Crippen LogP contribution in [-0.4, -0.2) is 92.7 Å². The molecule has 0 saturated carbocycles. The largest absolute Gasteiger partial charge is 0.465 e. The molecule has 0 radical (unpaired) electrons. The van der Waals surface area contributed by atoms with Crippen molar-refractivity contribution >= 4 is 30.4 Å². The van der Waals surface area contributed by atoms with Crippen molar-refractivity contribution in [3.63, 3.8) is 0 Å². The Kier molecular flexibility index (Phi) is 13.4. The molecule has 1 rings (SSSR count). The van der Waals surface area contributed by atoms with E-state index in [1.807, 2.05) is 4.90 Å². The number of ether oxygens (including phenoxy) is 2. The lowest BCUT2D eigenvalue weighted by atomic mass is 10.3. The molecular formula is C21H35N4O8P. The van der Waals surface area contributed by atoms with Crippen LogP contribution in [-0.2, 0) is 23.4 Å². The maximum atomic E-state index is 13.8. The number of amides is 1. The van der Waals surface area contributed by atoms with Gasteiger partial charge >= 0.3 is 12.1 Å². The van der Waals surface area contributed by atoms with E-state index in [2.05, 4.69) is 5.32 Å². The highest BCUT2D eigenvalue weighted by Gasteiger charge is 2.29.